The van der Waals surface area contributed by atoms with Crippen LogP contribution >= 0.6 is 0 Å². The molecule has 0 aliphatic rings. The first-order chi connectivity index (χ1) is 16.3. The summed E-state index contributed by atoms with van der Waals surface area (Å²) in [5.74, 6) is 0.136. The molecule has 0 aliphatic heterocycles. The van der Waals surface area contributed by atoms with Gasteiger partial charge in [-0.25, -0.2) is 0 Å². The summed E-state index contributed by atoms with van der Waals surface area (Å²) in [6, 6.07) is 13.6. The number of fused-ring (bicyclic) bond motifs is 1. The van der Waals surface area contributed by atoms with Gasteiger partial charge in [0.1, 0.15) is 10.6 Å². The van der Waals surface area contributed by atoms with Crippen molar-refractivity contribution >= 4 is 20.9 Å². The quantitative estimate of drug-likeness (QED) is 0.223. The zero-order valence-corrected chi connectivity index (χ0v) is 22.3. The summed E-state index contributed by atoms with van der Waals surface area (Å²) in [6.07, 6.45) is 8.07. The van der Waals surface area contributed by atoms with E-state index in [2.05, 4.69) is 20.8 Å². The van der Waals surface area contributed by atoms with Crippen molar-refractivity contribution in [3.05, 3.63) is 70.3 Å². The van der Waals surface area contributed by atoms with E-state index in [0.29, 0.717) is 34.7 Å². The predicted molar refractivity (Wildman–Crippen MR) is 146 cm³/mol. The van der Waals surface area contributed by atoms with Crippen molar-refractivity contribution in [1.82, 2.24) is 6.15 Å². The minimum absolute atomic E-state index is 0. The monoisotopic (exact) mass is 499 g/mol. The van der Waals surface area contributed by atoms with Crippen LogP contribution in [-0.4, -0.2) is 18.1 Å². The molecule has 0 bridgehead atoms. The summed E-state index contributed by atoms with van der Waals surface area (Å²) in [7, 11) is -4.52. The third-order valence-electron chi connectivity index (χ3n) is 6.66. The Morgan fingerprint density at radius 2 is 1.31 bits per heavy atom. The summed E-state index contributed by atoms with van der Waals surface area (Å²) in [6.45, 7) is 6.31. The second-order valence-electron chi connectivity index (χ2n) is 9.21. The normalized spacial score (nSPS) is 11.5. The van der Waals surface area contributed by atoms with E-state index in [1.165, 1.54) is 0 Å². The summed E-state index contributed by atoms with van der Waals surface area (Å²) in [4.78, 5) is 0.00383. The average molecular weight is 500 g/mol. The minimum atomic E-state index is -4.52. The van der Waals surface area contributed by atoms with Gasteiger partial charge in [0.25, 0.3) is 10.1 Å². The second kappa shape index (κ2) is 13.1. The molecule has 3 aromatic rings. The highest BCUT2D eigenvalue weighted by molar-refractivity contribution is 7.86. The number of hydrogen-bond acceptors (Lipinski definition) is 4. The summed E-state index contributed by atoms with van der Waals surface area (Å²) in [5.41, 5.74) is 4.22. The van der Waals surface area contributed by atoms with Crippen molar-refractivity contribution in [1.29, 1.82) is 0 Å². The molecular formula is C29H41NO4S. The molecule has 0 saturated heterocycles. The predicted octanol–water partition coefficient (Wildman–Crippen LogP) is 7.57. The van der Waals surface area contributed by atoms with E-state index in [-0.39, 0.29) is 16.8 Å². The van der Waals surface area contributed by atoms with Gasteiger partial charge in [0.2, 0.25) is 0 Å². The SMILES string of the molecule is CCCCc1ccc2c(O)c(Cc3ccccc3)c(CCCC)c(S(=O)(=O)O)c2c1CCCC.N. The smallest absolute Gasteiger partial charge is 0.295 e. The van der Waals surface area contributed by atoms with Crippen LogP contribution in [0.25, 0.3) is 10.8 Å². The number of unbranched alkanes of at least 4 members (excludes halogenated alkanes) is 3. The van der Waals surface area contributed by atoms with Gasteiger partial charge in [-0.05, 0) is 60.8 Å². The van der Waals surface area contributed by atoms with Gasteiger partial charge in [-0.2, -0.15) is 8.42 Å². The molecular weight excluding hydrogens is 458 g/mol. The van der Waals surface area contributed by atoms with Crippen LogP contribution < -0.4 is 6.15 Å². The fourth-order valence-electron chi connectivity index (χ4n) is 4.87. The van der Waals surface area contributed by atoms with Crippen LogP contribution in [0, 0.1) is 0 Å². The molecule has 3 rings (SSSR count). The molecule has 6 heteroatoms. The largest absolute Gasteiger partial charge is 0.507 e. The maximum Gasteiger partial charge on any atom is 0.295 e. The van der Waals surface area contributed by atoms with Gasteiger partial charge in [0.15, 0.2) is 0 Å². The van der Waals surface area contributed by atoms with Crippen LogP contribution in [0.15, 0.2) is 47.4 Å². The first-order valence-electron chi connectivity index (χ1n) is 12.7. The number of hydrogen-bond donors (Lipinski definition) is 3. The van der Waals surface area contributed by atoms with Crippen molar-refractivity contribution < 1.29 is 18.1 Å². The first kappa shape index (κ1) is 28.8. The van der Waals surface area contributed by atoms with E-state index in [4.69, 9.17) is 0 Å². The number of phenols is 1. The third kappa shape index (κ3) is 6.63. The van der Waals surface area contributed by atoms with Crippen LogP contribution in [-0.2, 0) is 35.8 Å². The highest BCUT2D eigenvalue weighted by Crippen LogP contribution is 2.43. The lowest BCUT2D eigenvalue weighted by Gasteiger charge is -2.22. The number of rotatable bonds is 12. The van der Waals surface area contributed by atoms with Crippen molar-refractivity contribution in [3.8, 4) is 5.75 Å². The molecule has 5 N–H and O–H groups in total. The van der Waals surface area contributed by atoms with Crippen LogP contribution in [0.1, 0.15) is 87.1 Å². The Hall–Kier alpha value is -2.41. The van der Waals surface area contributed by atoms with Crippen LogP contribution in [0.2, 0.25) is 0 Å². The van der Waals surface area contributed by atoms with Crippen molar-refractivity contribution in [2.45, 2.75) is 89.9 Å². The van der Waals surface area contributed by atoms with E-state index >= 15 is 0 Å². The number of benzene rings is 3. The molecule has 0 spiro atoms. The van der Waals surface area contributed by atoms with Gasteiger partial charge in [-0.3, -0.25) is 4.55 Å². The van der Waals surface area contributed by atoms with E-state index in [1.807, 2.05) is 42.5 Å². The average Bonchev–Trinajstić information content (AvgIpc) is 2.82. The highest BCUT2D eigenvalue weighted by atomic mass is 32.2. The topological polar surface area (TPSA) is 110 Å². The summed E-state index contributed by atoms with van der Waals surface area (Å²) < 4.78 is 36.5. The zero-order valence-electron chi connectivity index (χ0n) is 21.4. The van der Waals surface area contributed by atoms with Crippen LogP contribution in [0.4, 0.5) is 0 Å². The Bertz CT molecular complexity index is 1220. The molecule has 0 heterocycles. The van der Waals surface area contributed by atoms with Gasteiger partial charge < -0.3 is 11.3 Å². The minimum Gasteiger partial charge on any atom is -0.507 e. The maximum absolute atomic E-state index is 13.0. The van der Waals surface area contributed by atoms with Gasteiger partial charge >= 0.3 is 0 Å². The van der Waals surface area contributed by atoms with Gasteiger partial charge in [-0.15, -0.1) is 0 Å². The molecule has 35 heavy (non-hydrogen) atoms. The number of aryl methyl sites for hydroxylation is 2. The molecule has 0 amide bonds. The fourth-order valence-corrected chi connectivity index (χ4v) is 5.90. The molecule has 0 atom stereocenters. The Morgan fingerprint density at radius 3 is 1.89 bits per heavy atom. The molecule has 0 fully saturated rings. The van der Waals surface area contributed by atoms with Gasteiger partial charge in [0, 0.05) is 22.8 Å². The fraction of sp³-hybridized carbons (Fsp3) is 0.448. The Balaban J connectivity index is 0.00000432. The molecule has 0 aliphatic carbocycles. The van der Waals surface area contributed by atoms with Crippen molar-refractivity contribution in [2.75, 3.05) is 0 Å². The Labute approximate surface area is 210 Å². The van der Waals surface area contributed by atoms with E-state index in [0.717, 1.165) is 68.1 Å². The Morgan fingerprint density at radius 1 is 0.743 bits per heavy atom. The highest BCUT2D eigenvalue weighted by Gasteiger charge is 2.28. The van der Waals surface area contributed by atoms with Crippen LogP contribution in [0.3, 0.4) is 0 Å². The van der Waals surface area contributed by atoms with Crippen LogP contribution in [0.5, 0.6) is 5.75 Å². The first-order valence-corrected chi connectivity index (χ1v) is 14.1. The van der Waals surface area contributed by atoms with E-state index < -0.39 is 10.1 Å². The molecule has 0 radical (unpaired) electrons. The number of phenolic OH excluding ortho intramolecular Hbond substituents is 1. The third-order valence-corrected chi connectivity index (χ3v) is 7.62. The van der Waals surface area contributed by atoms with Gasteiger partial charge in [-0.1, -0.05) is 82.5 Å². The number of aromatic hydroxyl groups is 1. The van der Waals surface area contributed by atoms with Gasteiger partial charge in [0.05, 0.1) is 0 Å². The summed E-state index contributed by atoms with van der Waals surface area (Å²) in [5, 5.41) is 12.6. The maximum atomic E-state index is 13.0. The van der Waals surface area contributed by atoms with E-state index in [1.54, 1.807) is 0 Å². The van der Waals surface area contributed by atoms with E-state index in [9.17, 15) is 18.1 Å². The lowest BCUT2D eigenvalue weighted by atomic mass is 9.86. The Kier molecular flexibility index (Phi) is 10.7. The standard InChI is InChI=1S/C29H38O4S.H3N/c1-4-7-15-22-18-19-25-27(23(22)16-8-5-2)29(34(31,32)33)24(17-9-6-3)26(28(25)30)20-21-13-11-10-12-14-21;/h10-14,18-19,30H,4-9,15-17,20H2,1-3H3,(H,31,32,33);1H3. The molecule has 5 nitrogen and oxygen atoms in total. The molecule has 192 valence electrons. The second-order valence-corrected chi connectivity index (χ2v) is 10.6. The zero-order chi connectivity index (χ0) is 24.7. The lowest BCUT2D eigenvalue weighted by Crippen LogP contribution is -2.11. The molecule has 3 aromatic carbocycles. The van der Waals surface area contributed by atoms with Crippen molar-refractivity contribution in [3.63, 3.8) is 0 Å². The molecule has 0 aromatic heterocycles. The van der Waals surface area contributed by atoms with Crippen molar-refractivity contribution in [2.24, 2.45) is 0 Å². The summed E-state index contributed by atoms with van der Waals surface area (Å²) >= 11 is 0. The lowest BCUT2D eigenvalue weighted by molar-refractivity contribution is 0.471. The molecule has 0 saturated carbocycles. The molecule has 0 unspecified atom stereocenters.